The van der Waals surface area contributed by atoms with E-state index >= 15 is 0 Å². The summed E-state index contributed by atoms with van der Waals surface area (Å²) in [6.45, 7) is 3.31. The van der Waals surface area contributed by atoms with E-state index in [1.165, 1.54) is 18.2 Å². The first-order valence-electron chi connectivity index (χ1n) is 10.2. The van der Waals surface area contributed by atoms with Gasteiger partial charge in [-0.2, -0.15) is 13.2 Å². The fraction of sp³-hybridized carbons (Fsp3) is 0.348. The molecule has 3 aromatic rings. The molecule has 5 nitrogen and oxygen atoms in total. The molecule has 0 saturated heterocycles. The lowest BCUT2D eigenvalue weighted by molar-refractivity contribution is -0.272. The van der Waals surface area contributed by atoms with Crippen LogP contribution in [0.1, 0.15) is 48.4 Å². The average Bonchev–Trinajstić information content (AvgIpc) is 2.72. The Morgan fingerprint density at radius 1 is 1.28 bits per heavy atom. The van der Waals surface area contributed by atoms with Crippen LogP contribution in [0.25, 0.3) is 10.9 Å². The Bertz CT molecular complexity index is 1260. The number of anilines is 1. The minimum Gasteiger partial charge on any atom is -0.507 e. The molecule has 1 aliphatic rings. The smallest absolute Gasteiger partial charge is 0.419 e. The van der Waals surface area contributed by atoms with Gasteiger partial charge in [0.25, 0.3) is 0 Å². The Hall–Kier alpha value is -2.71. The molecular formula is C23H22ClF3N2O3. The zero-order chi connectivity index (χ0) is 23.4. The number of H-pyrrole nitrogens is 1. The molecular weight excluding hydrogens is 445 g/mol. The number of aliphatic hydroxyl groups is 1. The molecule has 1 aromatic heterocycles. The van der Waals surface area contributed by atoms with Gasteiger partial charge in [-0.15, -0.1) is 0 Å². The zero-order valence-corrected chi connectivity index (χ0v) is 18.1. The summed E-state index contributed by atoms with van der Waals surface area (Å²) in [4.78, 5) is 14.3. The fourth-order valence-electron chi connectivity index (χ4n) is 4.59. The monoisotopic (exact) mass is 466 g/mol. The highest BCUT2D eigenvalue weighted by atomic mass is 35.5. The highest BCUT2D eigenvalue weighted by molar-refractivity contribution is 6.31. The van der Waals surface area contributed by atoms with Crippen LogP contribution >= 0.6 is 11.6 Å². The van der Waals surface area contributed by atoms with Gasteiger partial charge >= 0.3 is 6.18 Å². The number of phenols is 1. The van der Waals surface area contributed by atoms with Crippen LogP contribution in [-0.4, -0.2) is 27.0 Å². The third kappa shape index (κ3) is 3.42. The van der Waals surface area contributed by atoms with Crippen LogP contribution in [0.2, 0.25) is 5.02 Å². The Balaban J connectivity index is 1.97. The van der Waals surface area contributed by atoms with E-state index in [0.29, 0.717) is 34.1 Å². The van der Waals surface area contributed by atoms with E-state index in [9.17, 15) is 28.2 Å². The van der Waals surface area contributed by atoms with Crippen molar-refractivity contribution in [2.24, 2.45) is 0 Å². The molecule has 0 amide bonds. The number of aromatic amines is 1. The van der Waals surface area contributed by atoms with Crippen LogP contribution < -0.4 is 10.9 Å². The minimum atomic E-state index is -4.96. The Labute approximate surface area is 186 Å². The first-order chi connectivity index (χ1) is 15.0. The van der Waals surface area contributed by atoms with E-state index in [1.807, 2.05) is 0 Å². The van der Waals surface area contributed by atoms with Gasteiger partial charge in [-0.05, 0) is 55.5 Å². The molecule has 4 rings (SSSR count). The Kier molecular flexibility index (Phi) is 5.41. The summed E-state index contributed by atoms with van der Waals surface area (Å²) in [6, 6.07) is 7.31. The van der Waals surface area contributed by atoms with Crippen molar-refractivity contribution in [1.82, 2.24) is 4.98 Å². The lowest BCUT2D eigenvalue weighted by Gasteiger charge is -2.46. The van der Waals surface area contributed by atoms with Crippen LogP contribution in [0.4, 0.5) is 18.9 Å². The van der Waals surface area contributed by atoms with Gasteiger partial charge in [-0.1, -0.05) is 24.6 Å². The van der Waals surface area contributed by atoms with Crippen molar-refractivity contribution >= 4 is 28.2 Å². The van der Waals surface area contributed by atoms with E-state index in [0.717, 1.165) is 0 Å². The van der Waals surface area contributed by atoms with E-state index < -0.39 is 30.2 Å². The van der Waals surface area contributed by atoms with Crippen molar-refractivity contribution in [1.29, 1.82) is 0 Å². The summed E-state index contributed by atoms with van der Waals surface area (Å²) in [5.41, 5.74) is -1.90. The van der Waals surface area contributed by atoms with Gasteiger partial charge in [0.1, 0.15) is 5.75 Å². The number of nitrogens with one attached hydrogen (secondary N) is 2. The summed E-state index contributed by atoms with van der Waals surface area (Å²) < 4.78 is 42.9. The SMILES string of the molecule is CC[C@H]1C[C@](O)(C(F)(F)F)[C@@H](Nc2cccc3[nH]c(=O)ccc23)c2cc(Cl)c(C)c(O)c21. The van der Waals surface area contributed by atoms with E-state index in [4.69, 9.17) is 11.6 Å². The molecule has 1 aliphatic carbocycles. The average molecular weight is 467 g/mol. The summed E-state index contributed by atoms with van der Waals surface area (Å²) >= 11 is 6.24. The third-order valence-electron chi connectivity index (χ3n) is 6.37. The van der Waals surface area contributed by atoms with Crippen molar-refractivity contribution < 1.29 is 23.4 Å². The molecule has 2 aromatic carbocycles. The maximum absolute atomic E-state index is 14.3. The lowest BCUT2D eigenvalue weighted by atomic mass is 9.68. The number of benzene rings is 2. The third-order valence-corrected chi connectivity index (χ3v) is 6.76. The lowest BCUT2D eigenvalue weighted by Crippen LogP contribution is -2.55. The van der Waals surface area contributed by atoms with Gasteiger partial charge < -0.3 is 20.5 Å². The Morgan fingerprint density at radius 3 is 2.66 bits per heavy atom. The highest BCUT2D eigenvalue weighted by Crippen LogP contribution is 2.56. The second kappa shape index (κ2) is 7.71. The highest BCUT2D eigenvalue weighted by Gasteiger charge is 2.62. The molecule has 0 saturated carbocycles. The number of hydrogen-bond donors (Lipinski definition) is 4. The molecule has 4 N–H and O–H groups in total. The standard InChI is InChI=1S/C23H22ClF3N2O3/c1-3-12-10-22(32,23(25,26)27)21(14-9-15(24)11(2)20(31)19(12)14)29-17-6-4-5-16-13(17)7-8-18(30)28-16/h4-9,12,21,29,31-32H,3,10H2,1-2H3,(H,28,30)/t12-,21-,22+/m0/s1. The molecule has 1 heterocycles. The number of phenolic OH excluding ortho intramolecular Hbond substituents is 1. The first-order valence-corrected chi connectivity index (χ1v) is 10.5. The quantitative estimate of drug-likeness (QED) is 0.408. The number of alkyl halides is 3. The fourth-order valence-corrected chi connectivity index (χ4v) is 4.80. The van der Waals surface area contributed by atoms with Crippen molar-refractivity contribution in [3.05, 3.63) is 68.5 Å². The van der Waals surface area contributed by atoms with Gasteiger partial charge in [-0.3, -0.25) is 4.79 Å². The van der Waals surface area contributed by atoms with Crippen LogP contribution in [-0.2, 0) is 0 Å². The number of fused-ring (bicyclic) bond motifs is 2. The summed E-state index contributed by atoms with van der Waals surface area (Å²) in [6.07, 6.45) is -5.28. The summed E-state index contributed by atoms with van der Waals surface area (Å²) in [7, 11) is 0. The topological polar surface area (TPSA) is 85.4 Å². The van der Waals surface area contributed by atoms with Crippen molar-refractivity contribution in [2.45, 2.75) is 50.4 Å². The van der Waals surface area contributed by atoms with Crippen LogP contribution in [0.15, 0.2) is 41.2 Å². The molecule has 0 unspecified atom stereocenters. The molecule has 0 aliphatic heterocycles. The molecule has 170 valence electrons. The second-order valence-corrected chi connectivity index (χ2v) is 8.64. The molecule has 0 spiro atoms. The van der Waals surface area contributed by atoms with Gasteiger partial charge in [0.2, 0.25) is 5.56 Å². The predicted octanol–water partition coefficient (Wildman–Crippen LogP) is 5.54. The molecule has 0 bridgehead atoms. The number of pyridine rings is 1. The van der Waals surface area contributed by atoms with Crippen LogP contribution in [0, 0.1) is 6.92 Å². The van der Waals surface area contributed by atoms with Crippen molar-refractivity contribution in [3.8, 4) is 5.75 Å². The van der Waals surface area contributed by atoms with Gasteiger partial charge in [0.15, 0.2) is 5.60 Å². The van der Waals surface area contributed by atoms with Crippen molar-refractivity contribution in [3.63, 3.8) is 0 Å². The predicted molar refractivity (Wildman–Crippen MR) is 117 cm³/mol. The molecule has 32 heavy (non-hydrogen) atoms. The van der Waals surface area contributed by atoms with E-state index in [-0.39, 0.29) is 21.9 Å². The number of hydrogen-bond acceptors (Lipinski definition) is 4. The van der Waals surface area contributed by atoms with Gasteiger partial charge in [0.05, 0.1) is 11.6 Å². The van der Waals surface area contributed by atoms with E-state index in [2.05, 4.69) is 10.3 Å². The van der Waals surface area contributed by atoms with Crippen molar-refractivity contribution in [2.75, 3.05) is 5.32 Å². The van der Waals surface area contributed by atoms with E-state index in [1.54, 1.807) is 32.0 Å². The minimum absolute atomic E-state index is 0.0949. The summed E-state index contributed by atoms with van der Waals surface area (Å²) in [5, 5.41) is 25.3. The Morgan fingerprint density at radius 2 is 2.00 bits per heavy atom. The molecule has 3 atom stereocenters. The molecule has 0 fully saturated rings. The summed E-state index contributed by atoms with van der Waals surface area (Å²) in [5.74, 6) is -0.868. The van der Waals surface area contributed by atoms with Gasteiger partial charge in [0, 0.05) is 33.3 Å². The van der Waals surface area contributed by atoms with Crippen LogP contribution in [0.3, 0.4) is 0 Å². The first kappa shape index (κ1) is 22.5. The maximum atomic E-state index is 14.3. The number of rotatable bonds is 3. The second-order valence-electron chi connectivity index (χ2n) is 8.23. The number of halogens is 4. The normalized spacial score (nSPS) is 23.2. The maximum Gasteiger partial charge on any atom is 0.419 e. The van der Waals surface area contributed by atoms with Crippen LogP contribution in [0.5, 0.6) is 5.75 Å². The number of aromatic nitrogens is 1. The zero-order valence-electron chi connectivity index (χ0n) is 17.3. The largest absolute Gasteiger partial charge is 0.507 e. The number of aromatic hydroxyl groups is 1. The van der Waals surface area contributed by atoms with Gasteiger partial charge in [-0.25, -0.2) is 0 Å². The molecule has 9 heteroatoms. The molecule has 0 radical (unpaired) electrons.